The Morgan fingerprint density at radius 1 is 1.17 bits per heavy atom. The third kappa shape index (κ3) is 4.37. The molecule has 0 saturated heterocycles. The van der Waals surface area contributed by atoms with E-state index in [4.69, 9.17) is 15.5 Å². The zero-order valence-electron chi connectivity index (χ0n) is 21.0. The van der Waals surface area contributed by atoms with E-state index in [1.54, 1.807) is 13.0 Å². The number of hydrogen-bond acceptors (Lipinski definition) is 5. The Kier molecular flexibility index (Phi) is 6.50. The molecule has 7 nitrogen and oxygen atoms in total. The number of nitrogens with one attached hydrogen (secondary N) is 1. The highest BCUT2D eigenvalue weighted by Crippen LogP contribution is 2.53. The topological polar surface area (TPSA) is 115 Å². The Balaban J connectivity index is 1.55. The summed E-state index contributed by atoms with van der Waals surface area (Å²) >= 11 is 0. The number of nitrogens with two attached hydrogens (primary N) is 1. The zero-order chi connectivity index (χ0) is 25.7. The molecule has 198 valence electrons. The van der Waals surface area contributed by atoms with Gasteiger partial charge in [0.15, 0.2) is 0 Å². The third-order valence-electron chi connectivity index (χ3n) is 9.10. The number of ether oxygens (including phenoxy) is 1. The number of fused-ring (bicyclic) bond motifs is 1. The van der Waals surface area contributed by atoms with Crippen LogP contribution in [-0.4, -0.2) is 41.0 Å². The quantitative estimate of drug-likeness (QED) is 0.522. The number of carbonyl (C=O) groups is 2. The van der Waals surface area contributed by atoms with Crippen LogP contribution in [-0.2, 0) is 20.6 Å². The zero-order valence-corrected chi connectivity index (χ0v) is 21.0. The molecule has 9 heteroatoms. The average Bonchev–Trinajstić information content (AvgIpc) is 3.50. The first-order chi connectivity index (χ1) is 17.0. The van der Waals surface area contributed by atoms with E-state index >= 15 is 0 Å². The Labute approximate surface area is 210 Å². The highest BCUT2D eigenvalue weighted by atomic mass is 19.3. The van der Waals surface area contributed by atoms with E-state index < -0.39 is 41.6 Å². The van der Waals surface area contributed by atoms with E-state index in [0.717, 1.165) is 57.8 Å². The molecular weight excluding hydrogens is 468 g/mol. The van der Waals surface area contributed by atoms with Gasteiger partial charge >= 0.3 is 0 Å². The summed E-state index contributed by atoms with van der Waals surface area (Å²) in [6.07, 6.45) is 7.60. The van der Waals surface area contributed by atoms with Crippen molar-refractivity contribution in [3.8, 4) is 5.75 Å². The Hall–Kier alpha value is -2.29. The number of aliphatic hydroxyl groups is 1. The maximum Gasteiger partial charge on any atom is 0.248 e. The van der Waals surface area contributed by atoms with Crippen LogP contribution in [0.3, 0.4) is 0 Å². The Morgan fingerprint density at radius 2 is 1.81 bits per heavy atom. The molecule has 2 amide bonds. The number of rotatable bonds is 7. The van der Waals surface area contributed by atoms with Gasteiger partial charge in [-0.25, -0.2) is 8.78 Å². The van der Waals surface area contributed by atoms with Crippen molar-refractivity contribution < 1.29 is 28.2 Å². The summed E-state index contributed by atoms with van der Waals surface area (Å²) in [5.41, 5.74) is 4.29. The lowest BCUT2D eigenvalue weighted by molar-refractivity contribution is -0.180. The predicted molar refractivity (Wildman–Crippen MR) is 129 cm³/mol. The third-order valence-corrected chi connectivity index (χ3v) is 9.10. The van der Waals surface area contributed by atoms with Crippen LogP contribution in [0.5, 0.6) is 5.75 Å². The van der Waals surface area contributed by atoms with E-state index in [0.29, 0.717) is 17.0 Å². The molecule has 4 N–H and O–H groups in total. The van der Waals surface area contributed by atoms with Crippen molar-refractivity contribution in [2.45, 2.75) is 100 Å². The molecule has 3 saturated carbocycles. The summed E-state index contributed by atoms with van der Waals surface area (Å²) in [6, 6.07) is 1.61. The first-order valence-corrected chi connectivity index (χ1v) is 13.4. The van der Waals surface area contributed by atoms with Crippen LogP contribution >= 0.6 is 0 Å². The molecule has 0 spiro atoms. The standard InChI is InChI=1S/C27H37F2N3O4/c1-25(24(30)34)15-36-22-19(25)11-20(32-21(22)16-7-3-2-4-8-16)27(35,18-12-26(28,29)13-18)14-31-23(33)17-9-5-6-10-17/h11,16-18,35H,2-10,12-15H2,1H3,(H2,30,34)(H,31,33)/t25-,27+/m0/s1. The van der Waals surface area contributed by atoms with Crippen LogP contribution < -0.4 is 15.8 Å². The molecule has 2 atom stereocenters. The molecule has 36 heavy (non-hydrogen) atoms. The Bertz CT molecular complexity index is 1030. The van der Waals surface area contributed by atoms with Crippen LogP contribution in [0.1, 0.15) is 100 Å². The molecule has 1 aliphatic heterocycles. The van der Waals surface area contributed by atoms with Crippen LogP contribution in [0.4, 0.5) is 8.78 Å². The largest absolute Gasteiger partial charge is 0.490 e. The molecule has 0 aromatic carbocycles. The molecule has 4 aliphatic rings. The number of aromatic nitrogens is 1. The number of primary amides is 1. The molecule has 1 aromatic heterocycles. The van der Waals surface area contributed by atoms with Gasteiger partial charge < -0.3 is 20.9 Å². The van der Waals surface area contributed by atoms with Gasteiger partial charge in [-0.3, -0.25) is 14.6 Å². The molecule has 0 unspecified atom stereocenters. The van der Waals surface area contributed by atoms with Crippen LogP contribution in [0.15, 0.2) is 6.07 Å². The number of carbonyl (C=O) groups excluding carboxylic acids is 2. The maximum absolute atomic E-state index is 14.0. The maximum atomic E-state index is 14.0. The number of alkyl halides is 2. The van der Waals surface area contributed by atoms with Gasteiger partial charge in [0.25, 0.3) is 0 Å². The molecule has 0 radical (unpaired) electrons. The molecule has 3 fully saturated rings. The molecule has 0 bridgehead atoms. The number of amides is 2. The summed E-state index contributed by atoms with van der Waals surface area (Å²) in [7, 11) is 0. The molecular formula is C27H37F2N3O4. The summed E-state index contributed by atoms with van der Waals surface area (Å²) in [5.74, 6) is -3.84. The van der Waals surface area contributed by atoms with Crippen molar-refractivity contribution in [3.05, 3.63) is 23.0 Å². The SMILES string of the molecule is C[C@]1(C(N)=O)COc2c1cc([C@@](O)(CNC(=O)C1CCCC1)C1CC(F)(F)C1)nc2C1CCCCC1. The van der Waals surface area contributed by atoms with Crippen LogP contribution in [0, 0.1) is 11.8 Å². The summed E-state index contributed by atoms with van der Waals surface area (Å²) in [4.78, 5) is 30.2. The smallest absolute Gasteiger partial charge is 0.248 e. The van der Waals surface area contributed by atoms with E-state index in [-0.39, 0.29) is 36.6 Å². The lowest BCUT2D eigenvalue weighted by atomic mass is 9.68. The predicted octanol–water partition coefficient (Wildman–Crippen LogP) is 3.80. The van der Waals surface area contributed by atoms with E-state index in [1.807, 2.05) is 0 Å². The minimum atomic E-state index is -2.86. The van der Waals surface area contributed by atoms with Crippen molar-refractivity contribution >= 4 is 11.8 Å². The first-order valence-electron chi connectivity index (χ1n) is 13.4. The molecule has 5 rings (SSSR count). The summed E-state index contributed by atoms with van der Waals surface area (Å²) in [5, 5.41) is 14.9. The Morgan fingerprint density at radius 3 is 2.42 bits per heavy atom. The minimum absolute atomic E-state index is 0.0703. The number of nitrogens with zero attached hydrogens (tertiary/aromatic N) is 1. The van der Waals surface area contributed by atoms with Crippen LogP contribution in [0.25, 0.3) is 0 Å². The fourth-order valence-electron chi connectivity index (χ4n) is 6.48. The average molecular weight is 506 g/mol. The number of pyridine rings is 1. The minimum Gasteiger partial charge on any atom is -0.490 e. The second kappa shape index (κ2) is 9.23. The van der Waals surface area contributed by atoms with Gasteiger partial charge in [0.2, 0.25) is 17.7 Å². The van der Waals surface area contributed by atoms with Crippen molar-refractivity contribution in [1.29, 1.82) is 0 Å². The van der Waals surface area contributed by atoms with Crippen molar-refractivity contribution in [1.82, 2.24) is 10.3 Å². The normalized spacial score (nSPS) is 28.1. The fourth-order valence-corrected chi connectivity index (χ4v) is 6.48. The molecule has 3 aliphatic carbocycles. The summed E-state index contributed by atoms with van der Waals surface area (Å²) < 4.78 is 34.0. The van der Waals surface area contributed by atoms with Gasteiger partial charge in [-0.15, -0.1) is 0 Å². The fraction of sp³-hybridized carbons (Fsp3) is 0.741. The molecule has 1 aromatic rings. The summed E-state index contributed by atoms with van der Waals surface area (Å²) in [6.45, 7) is 1.57. The molecule has 2 heterocycles. The number of halogens is 2. The second-order valence-corrected chi connectivity index (χ2v) is 11.7. The van der Waals surface area contributed by atoms with Gasteiger partial charge in [-0.1, -0.05) is 32.1 Å². The highest BCUT2D eigenvalue weighted by Gasteiger charge is 2.57. The number of hydrogen-bond donors (Lipinski definition) is 3. The van der Waals surface area contributed by atoms with Gasteiger partial charge in [-0.2, -0.15) is 0 Å². The van der Waals surface area contributed by atoms with Gasteiger partial charge in [0, 0.05) is 36.2 Å². The first kappa shape index (κ1) is 25.4. The van der Waals surface area contributed by atoms with Gasteiger partial charge in [-0.05, 0) is 38.7 Å². The van der Waals surface area contributed by atoms with Crippen LogP contribution in [0.2, 0.25) is 0 Å². The van der Waals surface area contributed by atoms with E-state index in [2.05, 4.69) is 5.32 Å². The second-order valence-electron chi connectivity index (χ2n) is 11.7. The lowest BCUT2D eigenvalue weighted by Gasteiger charge is -2.45. The van der Waals surface area contributed by atoms with Crippen molar-refractivity contribution in [2.24, 2.45) is 17.6 Å². The van der Waals surface area contributed by atoms with Gasteiger partial charge in [0.05, 0.1) is 17.9 Å². The van der Waals surface area contributed by atoms with Crippen molar-refractivity contribution in [2.75, 3.05) is 13.2 Å². The van der Waals surface area contributed by atoms with Gasteiger partial charge in [0.1, 0.15) is 23.4 Å². The van der Waals surface area contributed by atoms with E-state index in [1.165, 1.54) is 0 Å². The van der Waals surface area contributed by atoms with E-state index in [9.17, 15) is 23.5 Å². The lowest BCUT2D eigenvalue weighted by Crippen LogP contribution is -2.54. The van der Waals surface area contributed by atoms with Crippen molar-refractivity contribution in [3.63, 3.8) is 0 Å². The monoisotopic (exact) mass is 505 g/mol. The highest BCUT2D eigenvalue weighted by molar-refractivity contribution is 5.88.